The van der Waals surface area contributed by atoms with Crippen LogP contribution in [0.25, 0.3) is 0 Å². The molecule has 3 heteroatoms. The van der Waals surface area contributed by atoms with Crippen LogP contribution in [0.15, 0.2) is 42.3 Å². The highest BCUT2D eigenvalue weighted by Gasteiger charge is 2.04. The van der Waals surface area contributed by atoms with Crippen LogP contribution >= 0.6 is 24.0 Å². The summed E-state index contributed by atoms with van der Waals surface area (Å²) >= 11 is 6.63. The quantitative estimate of drug-likeness (QED) is 0.688. The van der Waals surface area contributed by atoms with Crippen molar-refractivity contribution < 1.29 is 0 Å². The van der Waals surface area contributed by atoms with Crippen LogP contribution in [-0.2, 0) is 0 Å². The van der Waals surface area contributed by atoms with Crippen LogP contribution in [0.4, 0.5) is 5.69 Å². The highest BCUT2D eigenvalue weighted by atomic mass is 32.2. The van der Waals surface area contributed by atoms with E-state index in [9.17, 15) is 0 Å². The summed E-state index contributed by atoms with van der Waals surface area (Å²) < 4.78 is 0.807. The van der Waals surface area contributed by atoms with Gasteiger partial charge in [0.1, 0.15) is 4.32 Å². The lowest BCUT2D eigenvalue weighted by Crippen LogP contribution is -2.20. The van der Waals surface area contributed by atoms with Crippen LogP contribution in [0.3, 0.4) is 0 Å². The lowest BCUT2D eigenvalue weighted by Gasteiger charge is -2.17. The second-order valence-electron chi connectivity index (χ2n) is 2.44. The molecule has 1 nitrogen and oxygen atoms in total. The Labute approximate surface area is 88.4 Å². The third kappa shape index (κ3) is 2.86. The van der Waals surface area contributed by atoms with Gasteiger partial charge in [-0.3, -0.25) is 0 Å². The molecular formula is C10H11NS2. The Balaban J connectivity index is 2.73. The molecule has 0 saturated carbocycles. The Hall–Kier alpha value is -0.800. The molecule has 68 valence electrons. The molecule has 13 heavy (non-hydrogen) atoms. The molecule has 0 aliphatic carbocycles. The van der Waals surface area contributed by atoms with Crippen molar-refractivity contribution in [1.29, 1.82) is 0 Å². The average Bonchev–Trinajstić information content (AvgIpc) is 2.18. The normalized spacial score (nSPS) is 9.31. The fourth-order valence-electron chi connectivity index (χ4n) is 0.907. The zero-order valence-corrected chi connectivity index (χ0v) is 9.07. The zero-order chi connectivity index (χ0) is 9.68. The van der Waals surface area contributed by atoms with Crippen LogP contribution < -0.4 is 4.90 Å². The summed E-state index contributed by atoms with van der Waals surface area (Å²) in [6.07, 6.45) is 0. The van der Waals surface area contributed by atoms with Crippen LogP contribution in [0.5, 0.6) is 0 Å². The molecule has 0 bridgehead atoms. The first-order chi connectivity index (χ1) is 6.25. The van der Waals surface area contributed by atoms with Crippen LogP contribution in [-0.4, -0.2) is 11.4 Å². The molecular weight excluding hydrogens is 198 g/mol. The monoisotopic (exact) mass is 209 g/mol. The van der Waals surface area contributed by atoms with Gasteiger partial charge in [-0.05, 0) is 17.5 Å². The molecule has 1 rings (SSSR count). The van der Waals surface area contributed by atoms with E-state index in [1.807, 2.05) is 42.3 Å². The minimum Gasteiger partial charge on any atom is -0.330 e. The average molecular weight is 209 g/mol. The summed E-state index contributed by atoms with van der Waals surface area (Å²) in [5.41, 5.74) is 1.10. The molecule has 0 amide bonds. The number of hydrogen-bond donors (Lipinski definition) is 0. The highest BCUT2D eigenvalue weighted by molar-refractivity contribution is 8.25. The van der Waals surface area contributed by atoms with Gasteiger partial charge in [-0.2, -0.15) is 0 Å². The maximum atomic E-state index is 5.18. The number of thiocarbonyl (C=S) groups is 1. The van der Waals surface area contributed by atoms with Gasteiger partial charge >= 0.3 is 0 Å². The van der Waals surface area contributed by atoms with Crippen molar-refractivity contribution in [2.45, 2.75) is 0 Å². The molecule has 0 saturated heterocycles. The van der Waals surface area contributed by atoms with E-state index in [2.05, 4.69) is 6.58 Å². The van der Waals surface area contributed by atoms with E-state index in [0.717, 1.165) is 10.0 Å². The van der Waals surface area contributed by atoms with Crippen LogP contribution in [0, 0.1) is 0 Å². The molecule has 0 heterocycles. The van der Waals surface area contributed by atoms with Gasteiger partial charge in [-0.1, -0.05) is 48.8 Å². The molecule has 0 aromatic heterocycles. The number of thioether (sulfide) groups is 1. The molecule has 0 fully saturated rings. The lowest BCUT2D eigenvalue weighted by atomic mass is 10.3. The third-order valence-corrected chi connectivity index (χ3v) is 2.81. The highest BCUT2D eigenvalue weighted by Crippen LogP contribution is 2.17. The molecule has 1 aromatic carbocycles. The number of hydrogen-bond acceptors (Lipinski definition) is 2. The van der Waals surface area contributed by atoms with E-state index in [-0.39, 0.29) is 0 Å². The Morgan fingerprint density at radius 3 is 2.62 bits per heavy atom. The van der Waals surface area contributed by atoms with E-state index < -0.39 is 0 Å². The summed E-state index contributed by atoms with van der Waals surface area (Å²) in [4.78, 5) is 1.96. The van der Waals surface area contributed by atoms with E-state index >= 15 is 0 Å². The fraction of sp³-hybridized carbons (Fsp3) is 0.100. The summed E-state index contributed by atoms with van der Waals surface area (Å²) in [6, 6.07) is 10.0. The van der Waals surface area contributed by atoms with Crippen LogP contribution in [0.1, 0.15) is 0 Å². The first-order valence-corrected chi connectivity index (χ1v) is 5.15. The van der Waals surface area contributed by atoms with Crippen molar-refractivity contribution in [1.82, 2.24) is 0 Å². The smallest absolute Gasteiger partial charge is 0.144 e. The number of para-hydroxylation sites is 1. The molecule has 0 aliphatic heterocycles. The molecule has 0 aliphatic rings. The first-order valence-electron chi connectivity index (χ1n) is 3.86. The fourth-order valence-corrected chi connectivity index (χ4v) is 1.62. The minimum atomic E-state index is 0.807. The third-order valence-electron chi connectivity index (χ3n) is 1.60. The minimum absolute atomic E-state index is 0.807. The summed E-state index contributed by atoms with van der Waals surface area (Å²) in [5, 5.41) is 1.74. The van der Waals surface area contributed by atoms with Gasteiger partial charge in [0, 0.05) is 12.7 Å². The largest absolute Gasteiger partial charge is 0.330 e. The maximum absolute atomic E-state index is 5.18. The second kappa shape index (κ2) is 5.04. The van der Waals surface area contributed by atoms with Crippen molar-refractivity contribution in [2.75, 3.05) is 11.9 Å². The van der Waals surface area contributed by atoms with E-state index in [1.165, 1.54) is 11.8 Å². The Morgan fingerprint density at radius 1 is 1.46 bits per heavy atom. The summed E-state index contributed by atoms with van der Waals surface area (Å²) in [7, 11) is 1.95. The van der Waals surface area contributed by atoms with Crippen LogP contribution in [0.2, 0.25) is 0 Å². The molecule has 0 radical (unpaired) electrons. The van der Waals surface area contributed by atoms with Crippen molar-refractivity contribution in [3.05, 3.63) is 42.3 Å². The number of rotatable bonds is 2. The standard InChI is InChI=1S/C10H11NS2/c1-3-13-10(12)11(2)9-7-5-4-6-8-9/h3-8H,1H2,2H3. The van der Waals surface area contributed by atoms with Gasteiger partial charge in [0.05, 0.1) is 0 Å². The maximum Gasteiger partial charge on any atom is 0.144 e. The van der Waals surface area contributed by atoms with Gasteiger partial charge in [0.2, 0.25) is 0 Å². The number of nitrogens with zero attached hydrogens (tertiary/aromatic N) is 1. The molecule has 0 N–H and O–H groups in total. The topological polar surface area (TPSA) is 3.24 Å². The van der Waals surface area contributed by atoms with Gasteiger partial charge < -0.3 is 4.90 Å². The second-order valence-corrected chi connectivity index (χ2v) is 4.05. The van der Waals surface area contributed by atoms with Crippen molar-refractivity contribution >= 4 is 34.0 Å². The molecule has 0 unspecified atom stereocenters. The number of anilines is 1. The van der Waals surface area contributed by atoms with Crippen molar-refractivity contribution in [3.63, 3.8) is 0 Å². The van der Waals surface area contributed by atoms with E-state index in [0.29, 0.717) is 0 Å². The SMILES string of the molecule is C=CSC(=S)N(C)c1ccccc1. The van der Waals surface area contributed by atoms with Gasteiger partial charge in [-0.15, -0.1) is 0 Å². The van der Waals surface area contributed by atoms with Gasteiger partial charge in [0.25, 0.3) is 0 Å². The van der Waals surface area contributed by atoms with Gasteiger partial charge in [0.15, 0.2) is 0 Å². The molecule has 0 spiro atoms. The predicted molar refractivity (Wildman–Crippen MR) is 65.2 cm³/mol. The zero-order valence-electron chi connectivity index (χ0n) is 7.43. The first kappa shape index (κ1) is 10.3. The Bertz CT molecular complexity index is 295. The summed E-state index contributed by atoms with van der Waals surface area (Å²) in [5.74, 6) is 0. The van der Waals surface area contributed by atoms with Gasteiger partial charge in [-0.25, -0.2) is 0 Å². The summed E-state index contributed by atoms with van der Waals surface area (Å²) in [6.45, 7) is 3.63. The predicted octanol–water partition coefficient (Wildman–Crippen LogP) is 3.28. The van der Waals surface area contributed by atoms with Crippen molar-refractivity contribution in [3.8, 4) is 0 Å². The van der Waals surface area contributed by atoms with E-state index in [1.54, 1.807) is 5.41 Å². The lowest BCUT2D eigenvalue weighted by molar-refractivity contribution is 1.31. The Kier molecular flexibility index (Phi) is 3.99. The van der Waals surface area contributed by atoms with Crippen molar-refractivity contribution in [2.24, 2.45) is 0 Å². The Morgan fingerprint density at radius 2 is 2.08 bits per heavy atom. The number of benzene rings is 1. The molecule has 0 atom stereocenters. The van der Waals surface area contributed by atoms with E-state index in [4.69, 9.17) is 12.2 Å². The molecule has 1 aromatic rings.